The summed E-state index contributed by atoms with van der Waals surface area (Å²) in [5, 5.41) is 7.59. The number of nitrogens with two attached hydrogens (primary N) is 2. The molecule has 0 spiro atoms. The third-order valence-electron chi connectivity index (χ3n) is 6.00. The number of fused-ring (bicyclic) bond motifs is 1. The van der Waals surface area contributed by atoms with Gasteiger partial charge in [-0.3, -0.25) is 9.59 Å². The summed E-state index contributed by atoms with van der Waals surface area (Å²) < 4.78 is 0. The second-order valence-corrected chi connectivity index (χ2v) is 9.12. The Hall–Kier alpha value is -3.43. The van der Waals surface area contributed by atoms with E-state index in [2.05, 4.69) is 22.9 Å². The highest BCUT2D eigenvalue weighted by atomic mass is 16.2. The molecule has 1 aliphatic carbocycles. The molecule has 1 aromatic carbocycles. The molecular weight excluding hydrogens is 442 g/mol. The van der Waals surface area contributed by atoms with Crippen LogP contribution in [0.2, 0.25) is 0 Å². The first kappa shape index (κ1) is 27.8. The average molecular weight is 482 g/mol. The normalized spacial score (nSPS) is 18.8. The number of benzene rings is 1. The number of nitrogens with zero attached hydrogens (tertiary/aromatic N) is 3. The summed E-state index contributed by atoms with van der Waals surface area (Å²) in [4.78, 5) is 28.7. The van der Waals surface area contributed by atoms with Crippen molar-refractivity contribution in [1.29, 1.82) is 0 Å². The van der Waals surface area contributed by atoms with Gasteiger partial charge in [0.1, 0.15) is 5.84 Å². The molecule has 0 aromatic heterocycles. The number of rotatable bonds is 10. The summed E-state index contributed by atoms with van der Waals surface area (Å²) in [6.45, 7) is 6.79. The molecule has 0 radical (unpaired) electrons. The van der Waals surface area contributed by atoms with Crippen molar-refractivity contribution in [3.8, 4) is 0 Å². The minimum absolute atomic E-state index is 0.0976. The van der Waals surface area contributed by atoms with E-state index in [-0.39, 0.29) is 17.9 Å². The highest BCUT2D eigenvalue weighted by Crippen LogP contribution is 2.45. The largest absolute Gasteiger partial charge is 0.385 e. The zero-order chi connectivity index (χ0) is 26.3. The monoisotopic (exact) mass is 481 g/mol. The van der Waals surface area contributed by atoms with Crippen molar-refractivity contribution in [2.45, 2.75) is 38.6 Å². The first-order valence-corrected chi connectivity index (χ1v) is 11.7. The van der Waals surface area contributed by atoms with E-state index in [1.807, 2.05) is 44.2 Å². The van der Waals surface area contributed by atoms with Crippen LogP contribution in [-0.2, 0) is 10.2 Å². The second-order valence-electron chi connectivity index (χ2n) is 9.12. The number of carbonyl (C=O) groups is 2. The number of allylic oxidation sites excluding steroid dienone is 3. The van der Waals surface area contributed by atoms with E-state index < -0.39 is 5.41 Å². The predicted molar refractivity (Wildman–Crippen MR) is 142 cm³/mol. The standard InChI is InChI=1S/C26H39N7O2/c1-8-10-18(23(34)32(4)5)13-20-16-26(25(27)30-31-28,15-17(3)29-9-2)22-12-11-19(14-21(20)22)24(35)33(6)7/h8,10-14,16-17,29,31H,9,15,28H2,1-7H3,(H2,27,30)/b10-8-,18-13+/t17-,26?/m1/s1. The predicted octanol–water partition coefficient (Wildman–Crippen LogP) is 1.74. The molecule has 9 heteroatoms. The Morgan fingerprint density at radius 1 is 1.20 bits per heavy atom. The summed E-state index contributed by atoms with van der Waals surface area (Å²) in [6.07, 6.45) is 8.07. The van der Waals surface area contributed by atoms with Crippen molar-refractivity contribution in [3.63, 3.8) is 0 Å². The summed E-state index contributed by atoms with van der Waals surface area (Å²) in [6, 6.07) is 5.68. The van der Waals surface area contributed by atoms with Crippen LogP contribution in [0.3, 0.4) is 0 Å². The molecule has 0 fully saturated rings. The zero-order valence-corrected chi connectivity index (χ0v) is 21.8. The summed E-state index contributed by atoms with van der Waals surface area (Å²) >= 11 is 0. The van der Waals surface area contributed by atoms with E-state index >= 15 is 0 Å². The molecule has 9 nitrogen and oxygen atoms in total. The van der Waals surface area contributed by atoms with E-state index in [0.29, 0.717) is 23.4 Å². The lowest BCUT2D eigenvalue weighted by atomic mass is 9.76. The van der Waals surface area contributed by atoms with Gasteiger partial charge in [0.15, 0.2) is 0 Å². The van der Waals surface area contributed by atoms with Gasteiger partial charge in [0.25, 0.3) is 11.8 Å². The fraction of sp³-hybridized carbons (Fsp3) is 0.423. The Morgan fingerprint density at radius 2 is 1.89 bits per heavy atom. The molecule has 0 heterocycles. The van der Waals surface area contributed by atoms with Crippen LogP contribution >= 0.6 is 0 Å². The Bertz CT molecular complexity index is 1070. The second kappa shape index (κ2) is 11.8. The minimum atomic E-state index is -0.795. The fourth-order valence-corrected chi connectivity index (χ4v) is 4.45. The highest BCUT2D eigenvalue weighted by molar-refractivity contribution is 6.05. The zero-order valence-electron chi connectivity index (χ0n) is 21.8. The molecule has 0 bridgehead atoms. The number of nitrogens with one attached hydrogen (secondary N) is 2. The molecule has 2 amide bonds. The van der Waals surface area contributed by atoms with Crippen LogP contribution in [0.15, 0.2) is 53.2 Å². The van der Waals surface area contributed by atoms with Crippen LogP contribution in [-0.4, -0.2) is 68.2 Å². The van der Waals surface area contributed by atoms with Gasteiger partial charge in [0, 0.05) is 45.4 Å². The van der Waals surface area contributed by atoms with E-state index in [4.69, 9.17) is 11.6 Å². The lowest BCUT2D eigenvalue weighted by Gasteiger charge is -2.31. The molecular formula is C26H39N7O2. The van der Waals surface area contributed by atoms with Gasteiger partial charge in [-0.05, 0) is 61.7 Å². The molecule has 1 unspecified atom stereocenters. The van der Waals surface area contributed by atoms with E-state index in [1.165, 1.54) is 9.80 Å². The van der Waals surface area contributed by atoms with E-state index in [9.17, 15) is 9.59 Å². The maximum atomic E-state index is 12.9. The molecule has 6 N–H and O–H groups in total. The van der Waals surface area contributed by atoms with Crippen LogP contribution in [0.1, 0.15) is 48.7 Å². The van der Waals surface area contributed by atoms with Gasteiger partial charge >= 0.3 is 0 Å². The number of hydrogen-bond acceptors (Lipinski definition) is 6. The number of hydrazone groups is 1. The van der Waals surface area contributed by atoms with Gasteiger partial charge in [-0.15, -0.1) is 0 Å². The van der Waals surface area contributed by atoms with Gasteiger partial charge < -0.3 is 20.9 Å². The maximum Gasteiger partial charge on any atom is 0.253 e. The number of hydrazine groups is 1. The van der Waals surface area contributed by atoms with Crippen molar-refractivity contribution >= 4 is 23.2 Å². The third kappa shape index (κ3) is 5.98. The number of hydrogen-bond donors (Lipinski definition) is 4. The van der Waals surface area contributed by atoms with Gasteiger partial charge in [0.05, 0.1) is 5.41 Å². The Balaban J connectivity index is 2.87. The number of amidine groups is 1. The lowest BCUT2D eigenvalue weighted by molar-refractivity contribution is -0.124. The van der Waals surface area contributed by atoms with Gasteiger partial charge in [-0.2, -0.15) is 5.10 Å². The Labute approximate surface area is 208 Å². The van der Waals surface area contributed by atoms with Crippen molar-refractivity contribution in [2.24, 2.45) is 16.7 Å². The maximum absolute atomic E-state index is 12.9. The number of likely N-dealkylation sites (N-methyl/N-ethyl adjacent to an activating group) is 1. The molecule has 0 saturated carbocycles. The van der Waals surface area contributed by atoms with Crippen molar-refractivity contribution < 1.29 is 9.59 Å². The van der Waals surface area contributed by atoms with Gasteiger partial charge in [-0.25, -0.2) is 11.4 Å². The average Bonchev–Trinajstić information content (AvgIpc) is 3.11. The minimum Gasteiger partial charge on any atom is -0.385 e. The molecule has 1 aromatic rings. The van der Waals surface area contributed by atoms with Crippen molar-refractivity contribution in [3.05, 3.63) is 64.8 Å². The number of carbonyl (C=O) groups excluding carboxylic acids is 2. The SMILES string of the molecule is C/C=C\C(=C/C1=CC(C[C@@H](C)NCC)(/C(N)=N/NN)c2ccc(C(=O)N(C)C)cc21)C(=O)N(C)C. The summed E-state index contributed by atoms with van der Waals surface area (Å²) in [5.74, 6) is 5.57. The number of amides is 2. The summed E-state index contributed by atoms with van der Waals surface area (Å²) in [7, 11) is 6.85. The van der Waals surface area contributed by atoms with E-state index in [0.717, 1.165) is 23.2 Å². The van der Waals surface area contributed by atoms with E-state index in [1.54, 1.807) is 40.3 Å². The Morgan fingerprint density at radius 3 is 2.43 bits per heavy atom. The van der Waals surface area contributed by atoms with Crippen molar-refractivity contribution in [2.75, 3.05) is 34.7 Å². The molecule has 2 rings (SSSR count). The van der Waals surface area contributed by atoms with Crippen LogP contribution in [0, 0.1) is 0 Å². The molecule has 1 aliphatic rings. The molecule has 190 valence electrons. The smallest absolute Gasteiger partial charge is 0.253 e. The van der Waals surface area contributed by atoms with Crippen LogP contribution in [0.5, 0.6) is 0 Å². The first-order chi connectivity index (χ1) is 16.5. The van der Waals surface area contributed by atoms with Gasteiger partial charge in [0.2, 0.25) is 0 Å². The fourth-order valence-electron chi connectivity index (χ4n) is 4.45. The molecule has 0 aliphatic heterocycles. The quantitative estimate of drug-likeness (QED) is 0.101. The Kier molecular flexibility index (Phi) is 9.39. The topological polar surface area (TPSA) is 129 Å². The highest BCUT2D eigenvalue weighted by Gasteiger charge is 2.43. The molecule has 0 saturated heterocycles. The van der Waals surface area contributed by atoms with Gasteiger partial charge in [-0.1, -0.05) is 31.2 Å². The van der Waals surface area contributed by atoms with Crippen LogP contribution in [0.4, 0.5) is 0 Å². The summed E-state index contributed by atoms with van der Waals surface area (Å²) in [5.41, 5.74) is 11.6. The third-order valence-corrected chi connectivity index (χ3v) is 6.00. The lowest BCUT2D eigenvalue weighted by Crippen LogP contribution is -2.45. The molecule has 2 atom stereocenters. The van der Waals surface area contributed by atoms with Crippen molar-refractivity contribution in [1.82, 2.24) is 20.7 Å². The first-order valence-electron chi connectivity index (χ1n) is 11.7. The molecule has 35 heavy (non-hydrogen) atoms. The van der Waals surface area contributed by atoms with Crippen LogP contribution < -0.4 is 22.4 Å². The van der Waals surface area contributed by atoms with Crippen LogP contribution in [0.25, 0.3) is 5.57 Å².